The first-order valence-corrected chi connectivity index (χ1v) is 9.01. The molecule has 0 fully saturated rings. The minimum Gasteiger partial charge on any atom is -0.460 e. The summed E-state index contributed by atoms with van der Waals surface area (Å²) in [6, 6.07) is 0. The van der Waals surface area contributed by atoms with Gasteiger partial charge in [0.2, 0.25) is 0 Å². The zero-order valence-corrected chi connectivity index (χ0v) is 15.2. The SMILES string of the molecule is C=CCOP(=O)(OCCN)OC[C@@H](COCC[C@@H](C)OC)OC=O. The summed E-state index contributed by atoms with van der Waals surface area (Å²) in [6.07, 6.45) is 1.40. The van der Waals surface area contributed by atoms with Crippen LogP contribution >= 0.6 is 7.82 Å². The molecule has 0 aromatic carbocycles. The van der Waals surface area contributed by atoms with Crippen LogP contribution in [0.5, 0.6) is 0 Å². The highest BCUT2D eigenvalue weighted by atomic mass is 31.2. The molecule has 24 heavy (non-hydrogen) atoms. The van der Waals surface area contributed by atoms with E-state index < -0.39 is 13.9 Å². The molecule has 0 aliphatic heterocycles. The van der Waals surface area contributed by atoms with E-state index in [9.17, 15) is 9.36 Å². The Bertz CT molecular complexity index is 382. The van der Waals surface area contributed by atoms with Gasteiger partial charge in [0.05, 0.1) is 32.5 Å². The quantitative estimate of drug-likeness (QED) is 0.175. The molecule has 0 aliphatic rings. The fourth-order valence-corrected chi connectivity index (χ4v) is 2.57. The number of carbonyl (C=O) groups is 1. The number of methoxy groups -OCH3 is 1. The van der Waals surface area contributed by atoms with Crippen molar-refractivity contribution in [2.75, 3.05) is 46.7 Å². The maximum atomic E-state index is 12.3. The van der Waals surface area contributed by atoms with Crippen LogP contribution in [0.3, 0.4) is 0 Å². The summed E-state index contributed by atoms with van der Waals surface area (Å²) >= 11 is 0. The lowest BCUT2D eigenvalue weighted by Gasteiger charge is -2.20. The van der Waals surface area contributed by atoms with Gasteiger partial charge in [-0.15, -0.1) is 6.58 Å². The van der Waals surface area contributed by atoms with E-state index in [1.165, 1.54) is 6.08 Å². The maximum Gasteiger partial charge on any atom is 0.475 e. The second-order valence-electron chi connectivity index (χ2n) is 4.71. The van der Waals surface area contributed by atoms with Gasteiger partial charge in [0.25, 0.3) is 6.47 Å². The third-order valence-corrected chi connectivity index (χ3v) is 4.19. The molecule has 0 bridgehead atoms. The van der Waals surface area contributed by atoms with E-state index in [1.807, 2.05) is 6.92 Å². The van der Waals surface area contributed by atoms with E-state index in [1.54, 1.807) is 7.11 Å². The third-order valence-electron chi connectivity index (χ3n) is 2.76. The predicted molar refractivity (Wildman–Crippen MR) is 87.6 cm³/mol. The third kappa shape index (κ3) is 11.7. The number of hydrogen-bond acceptors (Lipinski definition) is 9. The molecule has 0 saturated heterocycles. The average molecular weight is 369 g/mol. The van der Waals surface area contributed by atoms with Crippen molar-refractivity contribution in [1.82, 2.24) is 0 Å². The molecule has 0 radical (unpaired) electrons. The van der Waals surface area contributed by atoms with Gasteiger partial charge in [-0.05, 0) is 13.3 Å². The number of carbonyl (C=O) groups excluding carboxylic acids is 1. The molecule has 0 aliphatic carbocycles. The molecule has 0 rings (SSSR count). The molecule has 2 N–H and O–H groups in total. The number of hydrogen-bond donors (Lipinski definition) is 1. The van der Waals surface area contributed by atoms with Crippen LogP contribution in [-0.2, 0) is 37.1 Å². The smallest absolute Gasteiger partial charge is 0.460 e. The minimum absolute atomic E-state index is 0.000961. The number of ether oxygens (including phenoxy) is 3. The van der Waals surface area contributed by atoms with E-state index >= 15 is 0 Å². The van der Waals surface area contributed by atoms with Gasteiger partial charge in [-0.2, -0.15) is 0 Å². The van der Waals surface area contributed by atoms with E-state index in [0.717, 1.165) is 0 Å². The number of rotatable bonds is 17. The summed E-state index contributed by atoms with van der Waals surface area (Å²) in [5.74, 6) is 0. The van der Waals surface area contributed by atoms with Gasteiger partial charge < -0.3 is 19.9 Å². The van der Waals surface area contributed by atoms with Gasteiger partial charge in [0.1, 0.15) is 6.10 Å². The first-order chi connectivity index (χ1) is 11.5. The van der Waals surface area contributed by atoms with Crippen LogP contribution < -0.4 is 5.73 Å². The Morgan fingerprint density at radius 1 is 1.21 bits per heavy atom. The Hall–Kier alpha value is -0.800. The summed E-state index contributed by atoms with van der Waals surface area (Å²) in [5, 5.41) is 0. The summed E-state index contributed by atoms with van der Waals surface area (Å²) in [4.78, 5) is 10.6. The van der Waals surface area contributed by atoms with Crippen LogP contribution in [0.25, 0.3) is 0 Å². The van der Waals surface area contributed by atoms with Crippen molar-refractivity contribution < 1.29 is 37.1 Å². The van der Waals surface area contributed by atoms with E-state index in [-0.39, 0.29) is 45.5 Å². The van der Waals surface area contributed by atoms with Crippen LogP contribution in [0.2, 0.25) is 0 Å². The van der Waals surface area contributed by atoms with Crippen LogP contribution in [0, 0.1) is 0 Å². The highest BCUT2D eigenvalue weighted by molar-refractivity contribution is 7.48. The summed E-state index contributed by atoms with van der Waals surface area (Å²) in [7, 11) is -2.20. The van der Waals surface area contributed by atoms with Gasteiger partial charge >= 0.3 is 7.82 Å². The van der Waals surface area contributed by atoms with Crippen molar-refractivity contribution >= 4 is 14.3 Å². The topological polar surface area (TPSA) is 116 Å². The standard InChI is InChI=1S/C14H28NO8P/c1-4-7-21-24(17,22-9-6-15)23-11-14(20-12-16)10-19-8-5-13(2)18-3/h4,12-14H,1,5-11,15H2,2-3H3/t13-,14-,24?/m1/s1. The lowest BCUT2D eigenvalue weighted by Crippen LogP contribution is -2.26. The molecule has 142 valence electrons. The van der Waals surface area contributed by atoms with Gasteiger partial charge in [-0.3, -0.25) is 18.4 Å². The van der Waals surface area contributed by atoms with Crippen LogP contribution in [-0.4, -0.2) is 65.4 Å². The Labute approximate surface area is 143 Å². The Kier molecular flexibility index (Phi) is 14.1. The Balaban J connectivity index is 4.36. The zero-order chi connectivity index (χ0) is 18.3. The molecular formula is C14H28NO8P. The monoisotopic (exact) mass is 369 g/mol. The lowest BCUT2D eigenvalue weighted by molar-refractivity contribution is -0.139. The Morgan fingerprint density at radius 3 is 2.54 bits per heavy atom. The van der Waals surface area contributed by atoms with Gasteiger partial charge in [0.15, 0.2) is 0 Å². The van der Waals surface area contributed by atoms with Crippen LogP contribution in [0.15, 0.2) is 12.7 Å². The maximum absolute atomic E-state index is 12.3. The normalized spacial score (nSPS) is 16.1. The summed E-state index contributed by atoms with van der Waals surface area (Å²) in [6.45, 7) is 6.05. The largest absolute Gasteiger partial charge is 0.475 e. The van der Waals surface area contributed by atoms with E-state index in [0.29, 0.717) is 13.0 Å². The molecular weight excluding hydrogens is 341 g/mol. The van der Waals surface area contributed by atoms with E-state index in [2.05, 4.69) is 6.58 Å². The lowest BCUT2D eigenvalue weighted by atomic mass is 10.3. The second kappa shape index (κ2) is 14.5. The second-order valence-corrected chi connectivity index (χ2v) is 6.38. The number of phosphoric ester groups is 1. The molecule has 1 unspecified atom stereocenters. The van der Waals surface area contributed by atoms with Gasteiger partial charge in [-0.1, -0.05) is 6.08 Å². The fourth-order valence-electron chi connectivity index (χ4n) is 1.38. The molecule has 0 aromatic rings. The van der Waals surface area contributed by atoms with Crippen molar-refractivity contribution in [3.8, 4) is 0 Å². The molecule has 3 atom stereocenters. The summed E-state index contributed by atoms with van der Waals surface area (Å²) < 4.78 is 42.9. The Morgan fingerprint density at radius 2 is 1.96 bits per heavy atom. The van der Waals surface area contributed by atoms with Crippen LogP contribution in [0.4, 0.5) is 0 Å². The first-order valence-electron chi connectivity index (χ1n) is 7.55. The van der Waals surface area contributed by atoms with Crippen molar-refractivity contribution in [2.45, 2.75) is 25.6 Å². The average Bonchev–Trinajstić information content (AvgIpc) is 2.59. The molecule has 9 nitrogen and oxygen atoms in total. The highest BCUT2D eigenvalue weighted by Crippen LogP contribution is 2.49. The molecule has 0 spiro atoms. The first kappa shape index (κ1) is 23.2. The van der Waals surface area contributed by atoms with Crippen molar-refractivity contribution in [1.29, 1.82) is 0 Å². The van der Waals surface area contributed by atoms with Crippen molar-refractivity contribution in [2.24, 2.45) is 5.73 Å². The molecule has 10 heteroatoms. The summed E-state index contributed by atoms with van der Waals surface area (Å²) in [5.41, 5.74) is 5.31. The van der Waals surface area contributed by atoms with E-state index in [4.69, 9.17) is 33.5 Å². The predicted octanol–water partition coefficient (Wildman–Crippen LogP) is 1.27. The number of nitrogens with two attached hydrogens (primary N) is 1. The van der Waals surface area contributed by atoms with Crippen molar-refractivity contribution in [3.05, 3.63) is 12.7 Å². The highest BCUT2D eigenvalue weighted by Gasteiger charge is 2.28. The zero-order valence-electron chi connectivity index (χ0n) is 14.3. The fraction of sp³-hybridized carbons (Fsp3) is 0.786. The molecule has 0 saturated carbocycles. The molecule has 0 amide bonds. The van der Waals surface area contributed by atoms with Crippen LogP contribution in [0.1, 0.15) is 13.3 Å². The molecule has 0 aromatic heterocycles. The minimum atomic E-state index is -3.81. The van der Waals surface area contributed by atoms with Gasteiger partial charge in [-0.25, -0.2) is 4.57 Å². The van der Waals surface area contributed by atoms with Gasteiger partial charge in [0, 0.05) is 20.3 Å². The molecule has 0 heterocycles. The van der Waals surface area contributed by atoms with Crippen molar-refractivity contribution in [3.63, 3.8) is 0 Å². The number of phosphoric acid groups is 1.